The first kappa shape index (κ1) is 18.3. The minimum Gasteiger partial charge on any atom is -0.465 e. The van der Waals surface area contributed by atoms with E-state index in [9.17, 15) is 14.4 Å². The van der Waals surface area contributed by atoms with Crippen LogP contribution in [0.25, 0.3) is 0 Å². The largest absolute Gasteiger partial charge is 0.465 e. The topological polar surface area (TPSA) is 72.5 Å². The first-order valence-electron chi connectivity index (χ1n) is 8.66. The van der Waals surface area contributed by atoms with Gasteiger partial charge in [0.1, 0.15) is 5.00 Å². The van der Waals surface area contributed by atoms with E-state index >= 15 is 0 Å². The number of Topliss-reactive ketones (excluding diaryl/α,β-unsaturated/α-hetero) is 1. The molecule has 0 saturated carbocycles. The van der Waals surface area contributed by atoms with Gasteiger partial charge < -0.3 is 10.1 Å². The second-order valence-corrected chi connectivity index (χ2v) is 7.45. The summed E-state index contributed by atoms with van der Waals surface area (Å²) < 4.78 is 4.95. The van der Waals surface area contributed by atoms with Crippen LogP contribution in [0.1, 0.15) is 67.7 Å². The number of benzene rings is 1. The van der Waals surface area contributed by atoms with Gasteiger partial charge in [-0.2, -0.15) is 0 Å². The van der Waals surface area contributed by atoms with E-state index in [-0.39, 0.29) is 11.7 Å². The number of rotatable bonds is 4. The molecule has 26 heavy (non-hydrogen) atoms. The predicted molar refractivity (Wildman–Crippen MR) is 101 cm³/mol. The highest BCUT2D eigenvalue weighted by atomic mass is 32.1. The normalized spacial score (nSPS) is 13.5. The van der Waals surface area contributed by atoms with Crippen molar-refractivity contribution in [1.29, 1.82) is 0 Å². The zero-order valence-electron chi connectivity index (χ0n) is 14.9. The van der Waals surface area contributed by atoms with Crippen LogP contribution in [0.2, 0.25) is 0 Å². The van der Waals surface area contributed by atoms with Crippen molar-refractivity contribution in [3.8, 4) is 0 Å². The molecular weight excluding hydrogens is 350 g/mol. The molecule has 6 heteroatoms. The lowest BCUT2D eigenvalue weighted by Crippen LogP contribution is -2.14. The van der Waals surface area contributed by atoms with Crippen molar-refractivity contribution in [2.75, 3.05) is 12.4 Å². The van der Waals surface area contributed by atoms with Gasteiger partial charge in [0.2, 0.25) is 0 Å². The Morgan fingerprint density at radius 3 is 2.31 bits per heavy atom. The van der Waals surface area contributed by atoms with E-state index in [1.807, 2.05) is 0 Å². The Balaban J connectivity index is 1.90. The quantitative estimate of drug-likeness (QED) is 0.495. The van der Waals surface area contributed by atoms with E-state index in [2.05, 4.69) is 5.32 Å². The number of thiophene rings is 1. The minimum atomic E-state index is -0.411. The van der Waals surface area contributed by atoms with Crippen LogP contribution in [0.5, 0.6) is 0 Å². The van der Waals surface area contributed by atoms with Gasteiger partial charge >= 0.3 is 5.97 Å². The molecule has 0 saturated heterocycles. The molecule has 1 aliphatic carbocycles. The number of fused-ring (bicyclic) bond motifs is 1. The summed E-state index contributed by atoms with van der Waals surface area (Å²) in [6, 6.07) is 6.48. The lowest BCUT2D eigenvalue weighted by atomic mass is 10.1. The van der Waals surface area contributed by atoms with Crippen molar-refractivity contribution in [3.63, 3.8) is 0 Å². The standard InChI is InChI=1S/C20H21NO4S/c1-12(22)13-8-10-14(11-9-13)18(23)21-19-17(20(24)25-2)15-6-4-3-5-7-16(15)26-19/h8-11H,3-7H2,1-2H3,(H,21,23). The number of methoxy groups -OCH3 is 1. The maximum absolute atomic E-state index is 12.6. The number of hydrogen-bond donors (Lipinski definition) is 1. The third kappa shape index (κ3) is 3.70. The Kier molecular flexibility index (Phi) is 5.52. The molecule has 3 rings (SSSR count). The van der Waals surface area contributed by atoms with Gasteiger partial charge in [-0.3, -0.25) is 9.59 Å². The van der Waals surface area contributed by atoms with Gasteiger partial charge in [0, 0.05) is 16.0 Å². The van der Waals surface area contributed by atoms with Gasteiger partial charge in [-0.25, -0.2) is 4.79 Å². The summed E-state index contributed by atoms with van der Waals surface area (Å²) in [5, 5.41) is 3.41. The van der Waals surface area contributed by atoms with E-state index in [1.54, 1.807) is 24.3 Å². The number of esters is 1. The highest BCUT2D eigenvalue weighted by Crippen LogP contribution is 2.38. The molecule has 1 aromatic heterocycles. The average Bonchev–Trinajstić information content (AvgIpc) is 2.81. The molecular formula is C20H21NO4S. The summed E-state index contributed by atoms with van der Waals surface area (Å²) in [7, 11) is 1.36. The molecule has 136 valence electrons. The van der Waals surface area contributed by atoms with Crippen molar-refractivity contribution in [2.24, 2.45) is 0 Å². The molecule has 0 unspecified atom stereocenters. The van der Waals surface area contributed by atoms with E-state index in [1.165, 1.54) is 25.4 Å². The monoisotopic (exact) mass is 371 g/mol. The zero-order chi connectivity index (χ0) is 18.7. The van der Waals surface area contributed by atoms with E-state index in [4.69, 9.17) is 4.74 Å². The highest BCUT2D eigenvalue weighted by molar-refractivity contribution is 7.17. The minimum absolute atomic E-state index is 0.0491. The number of ketones is 1. The number of carbonyl (C=O) groups excluding carboxylic acids is 3. The Morgan fingerprint density at radius 2 is 1.65 bits per heavy atom. The molecule has 5 nitrogen and oxygen atoms in total. The fourth-order valence-electron chi connectivity index (χ4n) is 3.18. The molecule has 1 aliphatic rings. The summed E-state index contributed by atoms with van der Waals surface area (Å²) in [6.45, 7) is 1.48. The van der Waals surface area contributed by atoms with Crippen molar-refractivity contribution in [3.05, 3.63) is 51.4 Å². The van der Waals surface area contributed by atoms with Crippen LogP contribution in [0.3, 0.4) is 0 Å². The fraction of sp³-hybridized carbons (Fsp3) is 0.350. The van der Waals surface area contributed by atoms with E-state index < -0.39 is 5.97 Å². The lowest BCUT2D eigenvalue weighted by molar-refractivity contribution is 0.0601. The maximum Gasteiger partial charge on any atom is 0.341 e. The van der Waals surface area contributed by atoms with Crippen molar-refractivity contribution < 1.29 is 19.1 Å². The average molecular weight is 371 g/mol. The van der Waals surface area contributed by atoms with Gasteiger partial charge in [0.15, 0.2) is 5.78 Å². The number of carbonyl (C=O) groups is 3. The smallest absolute Gasteiger partial charge is 0.341 e. The number of amides is 1. The van der Waals surface area contributed by atoms with Gasteiger partial charge in [-0.15, -0.1) is 11.3 Å². The fourth-order valence-corrected chi connectivity index (χ4v) is 4.45. The second-order valence-electron chi connectivity index (χ2n) is 6.35. The maximum atomic E-state index is 12.6. The van der Waals surface area contributed by atoms with Crippen LogP contribution in [0, 0.1) is 0 Å². The molecule has 1 N–H and O–H groups in total. The molecule has 2 aromatic rings. The summed E-state index contributed by atoms with van der Waals surface area (Å²) in [4.78, 5) is 37.4. The molecule has 0 bridgehead atoms. The summed E-state index contributed by atoms with van der Waals surface area (Å²) in [5.74, 6) is -0.764. The van der Waals surface area contributed by atoms with Crippen LogP contribution in [0.4, 0.5) is 5.00 Å². The molecule has 1 amide bonds. The highest BCUT2D eigenvalue weighted by Gasteiger charge is 2.26. The molecule has 1 heterocycles. The van der Waals surface area contributed by atoms with Crippen molar-refractivity contribution in [1.82, 2.24) is 0 Å². The van der Waals surface area contributed by atoms with Gasteiger partial charge in [-0.1, -0.05) is 18.6 Å². The molecule has 0 atom stereocenters. The Hall–Kier alpha value is -2.47. The Morgan fingerprint density at radius 1 is 1.00 bits per heavy atom. The van der Waals surface area contributed by atoms with Crippen LogP contribution in [-0.2, 0) is 17.6 Å². The molecule has 1 aromatic carbocycles. The third-order valence-corrected chi connectivity index (χ3v) is 5.80. The first-order chi connectivity index (χ1) is 12.5. The summed E-state index contributed by atoms with van der Waals surface area (Å²) in [6.07, 6.45) is 5.03. The van der Waals surface area contributed by atoms with Crippen LogP contribution in [-0.4, -0.2) is 24.8 Å². The van der Waals surface area contributed by atoms with Crippen LogP contribution < -0.4 is 5.32 Å². The van der Waals surface area contributed by atoms with Gasteiger partial charge in [-0.05, 0) is 50.3 Å². The van der Waals surface area contributed by atoms with Crippen LogP contribution >= 0.6 is 11.3 Å². The van der Waals surface area contributed by atoms with E-state index in [0.717, 1.165) is 42.5 Å². The number of hydrogen-bond acceptors (Lipinski definition) is 5. The Bertz CT molecular complexity index is 851. The molecule has 0 aliphatic heterocycles. The summed E-state index contributed by atoms with van der Waals surface area (Å²) >= 11 is 1.46. The zero-order valence-corrected chi connectivity index (χ0v) is 15.7. The number of aryl methyl sites for hydroxylation is 1. The second kappa shape index (κ2) is 7.83. The Labute approximate surface area is 156 Å². The van der Waals surface area contributed by atoms with Gasteiger partial charge in [0.25, 0.3) is 5.91 Å². The molecule has 0 spiro atoms. The molecule has 0 radical (unpaired) electrons. The first-order valence-corrected chi connectivity index (χ1v) is 9.48. The van der Waals surface area contributed by atoms with Crippen LogP contribution in [0.15, 0.2) is 24.3 Å². The summed E-state index contributed by atoms with van der Waals surface area (Å²) in [5.41, 5.74) is 2.50. The predicted octanol–water partition coefficient (Wildman–Crippen LogP) is 4.26. The third-order valence-electron chi connectivity index (χ3n) is 4.59. The van der Waals surface area contributed by atoms with Crippen molar-refractivity contribution >= 4 is 34.0 Å². The number of nitrogens with one attached hydrogen (secondary N) is 1. The van der Waals surface area contributed by atoms with Gasteiger partial charge in [0.05, 0.1) is 12.7 Å². The molecule has 0 fully saturated rings. The number of anilines is 1. The SMILES string of the molecule is COC(=O)c1c(NC(=O)c2ccc(C(C)=O)cc2)sc2c1CCCCC2. The van der Waals surface area contributed by atoms with E-state index in [0.29, 0.717) is 21.7 Å². The number of ether oxygens (including phenoxy) is 1. The van der Waals surface area contributed by atoms with Crippen molar-refractivity contribution in [2.45, 2.75) is 39.0 Å². The lowest BCUT2D eigenvalue weighted by Gasteiger charge is -2.08.